The molecule has 0 aliphatic carbocycles. The van der Waals surface area contributed by atoms with Crippen molar-refractivity contribution in [3.05, 3.63) is 0 Å². The van der Waals surface area contributed by atoms with Crippen LogP contribution in [0.1, 0.15) is 34.1 Å². The molecule has 0 amide bonds. The number of nitrogens with zero attached hydrogens (tertiary/aromatic N) is 1. The third kappa shape index (κ3) is 3.65. The SMILES string of the molecule is COC(C)(C)CC(C)(C)[N+](C)(C)C. The molecule has 2 heteroatoms. The molecule has 0 heterocycles. The van der Waals surface area contributed by atoms with Gasteiger partial charge in [0.1, 0.15) is 0 Å². The van der Waals surface area contributed by atoms with Crippen molar-refractivity contribution in [1.29, 1.82) is 0 Å². The first kappa shape index (κ1) is 12.9. The van der Waals surface area contributed by atoms with Gasteiger partial charge in [-0.2, -0.15) is 0 Å². The van der Waals surface area contributed by atoms with Gasteiger partial charge < -0.3 is 9.22 Å². The van der Waals surface area contributed by atoms with Gasteiger partial charge >= 0.3 is 0 Å². The lowest BCUT2D eigenvalue weighted by molar-refractivity contribution is -0.920. The van der Waals surface area contributed by atoms with Gasteiger partial charge in [0.15, 0.2) is 0 Å². The second-order valence-electron chi connectivity index (χ2n) is 5.97. The van der Waals surface area contributed by atoms with Crippen molar-refractivity contribution in [3.8, 4) is 0 Å². The summed E-state index contributed by atoms with van der Waals surface area (Å²) in [6, 6.07) is 0. The number of rotatable bonds is 4. The summed E-state index contributed by atoms with van der Waals surface area (Å²) >= 11 is 0. The zero-order valence-electron chi connectivity index (χ0n) is 10.6. The highest BCUT2D eigenvalue weighted by molar-refractivity contribution is 4.80. The van der Waals surface area contributed by atoms with Crippen molar-refractivity contribution in [3.63, 3.8) is 0 Å². The van der Waals surface area contributed by atoms with Crippen LogP contribution in [0.15, 0.2) is 0 Å². The molecule has 0 radical (unpaired) electrons. The second kappa shape index (κ2) is 3.58. The summed E-state index contributed by atoms with van der Waals surface area (Å²) < 4.78 is 6.42. The minimum absolute atomic E-state index is 0.0327. The molecule has 0 aromatic heterocycles. The van der Waals surface area contributed by atoms with E-state index in [1.54, 1.807) is 7.11 Å². The van der Waals surface area contributed by atoms with E-state index < -0.39 is 0 Å². The highest BCUT2D eigenvalue weighted by Gasteiger charge is 2.38. The number of methoxy groups -OCH3 is 1. The summed E-state index contributed by atoms with van der Waals surface area (Å²) in [4.78, 5) is 0. The lowest BCUT2D eigenvalue weighted by Gasteiger charge is -2.45. The Kier molecular flexibility index (Phi) is 3.56. The van der Waals surface area contributed by atoms with E-state index in [1.807, 2.05) is 0 Å². The predicted molar refractivity (Wildman–Crippen MR) is 57.8 cm³/mol. The lowest BCUT2D eigenvalue weighted by Crippen LogP contribution is -2.56. The van der Waals surface area contributed by atoms with Crippen LogP contribution in [-0.4, -0.2) is 43.9 Å². The smallest absolute Gasteiger partial charge is 0.0957 e. The van der Waals surface area contributed by atoms with Crippen LogP contribution in [0.4, 0.5) is 0 Å². The third-order valence-corrected chi connectivity index (χ3v) is 3.23. The van der Waals surface area contributed by atoms with E-state index in [0.717, 1.165) is 10.9 Å². The van der Waals surface area contributed by atoms with Crippen LogP contribution >= 0.6 is 0 Å². The summed E-state index contributed by atoms with van der Waals surface area (Å²) in [6.45, 7) is 8.86. The zero-order chi connectivity index (χ0) is 10.9. The van der Waals surface area contributed by atoms with E-state index in [-0.39, 0.29) is 11.1 Å². The molecular formula is C11H26NO+. The van der Waals surface area contributed by atoms with Gasteiger partial charge in [-0.25, -0.2) is 0 Å². The van der Waals surface area contributed by atoms with Gasteiger partial charge in [0.2, 0.25) is 0 Å². The molecule has 0 bridgehead atoms. The van der Waals surface area contributed by atoms with Gasteiger partial charge in [-0.1, -0.05) is 0 Å². The van der Waals surface area contributed by atoms with E-state index >= 15 is 0 Å². The molecule has 0 aliphatic rings. The van der Waals surface area contributed by atoms with Crippen LogP contribution in [0.2, 0.25) is 0 Å². The van der Waals surface area contributed by atoms with Crippen LogP contribution < -0.4 is 0 Å². The van der Waals surface area contributed by atoms with Crippen molar-refractivity contribution in [2.24, 2.45) is 0 Å². The van der Waals surface area contributed by atoms with E-state index in [4.69, 9.17) is 4.74 Å². The van der Waals surface area contributed by atoms with Gasteiger partial charge in [0, 0.05) is 13.5 Å². The van der Waals surface area contributed by atoms with E-state index in [1.165, 1.54) is 0 Å². The average Bonchev–Trinajstić information content (AvgIpc) is 1.83. The van der Waals surface area contributed by atoms with Gasteiger partial charge in [0.25, 0.3) is 0 Å². The average molecular weight is 188 g/mol. The quantitative estimate of drug-likeness (QED) is 0.615. The number of ether oxygens (including phenoxy) is 1. The van der Waals surface area contributed by atoms with Crippen molar-refractivity contribution in [2.45, 2.75) is 45.3 Å². The molecule has 0 aromatic rings. The molecule has 0 spiro atoms. The standard InChI is InChI=1S/C11H26NO/c1-10(2,12(5,6)7)9-11(3,4)13-8/h9H2,1-8H3/q+1. The van der Waals surface area contributed by atoms with Gasteiger partial charge in [-0.05, 0) is 27.7 Å². The molecular weight excluding hydrogens is 162 g/mol. The van der Waals surface area contributed by atoms with Gasteiger partial charge in [-0.3, -0.25) is 0 Å². The first-order chi connectivity index (χ1) is 5.52. The Bertz CT molecular complexity index is 165. The summed E-state index contributed by atoms with van der Waals surface area (Å²) in [6.07, 6.45) is 1.06. The van der Waals surface area contributed by atoms with E-state index in [9.17, 15) is 0 Å². The minimum Gasteiger partial charge on any atom is -0.379 e. The maximum atomic E-state index is 5.46. The Labute approximate surface area is 83.5 Å². The molecule has 0 atom stereocenters. The molecule has 13 heavy (non-hydrogen) atoms. The first-order valence-corrected chi connectivity index (χ1v) is 4.88. The van der Waals surface area contributed by atoms with Crippen molar-refractivity contribution >= 4 is 0 Å². The molecule has 2 nitrogen and oxygen atoms in total. The fourth-order valence-corrected chi connectivity index (χ4v) is 1.35. The largest absolute Gasteiger partial charge is 0.379 e. The summed E-state index contributed by atoms with van der Waals surface area (Å²) in [7, 11) is 8.47. The summed E-state index contributed by atoms with van der Waals surface area (Å²) in [5, 5.41) is 0. The van der Waals surface area contributed by atoms with Gasteiger partial charge in [-0.15, -0.1) is 0 Å². The Balaban J connectivity index is 4.52. The van der Waals surface area contributed by atoms with Crippen molar-refractivity contribution in [2.75, 3.05) is 28.3 Å². The Hall–Kier alpha value is -0.0800. The number of quaternary nitrogens is 1. The molecule has 0 N–H and O–H groups in total. The second-order valence-corrected chi connectivity index (χ2v) is 5.97. The maximum absolute atomic E-state index is 5.46. The summed E-state index contributed by atoms with van der Waals surface area (Å²) in [5.41, 5.74) is 0.203. The Morgan fingerprint density at radius 1 is 1.00 bits per heavy atom. The topological polar surface area (TPSA) is 9.23 Å². The highest BCUT2D eigenvalue weighted by atomic mass is 16.5. The molecule has 80 valence electrons. The van der Waals surface area contributed by atoms with Crippen LogP contribution in [-0.2, 0) is 4.74 Å². The Morgan fingerprint density at radius 3 is 1.62 bits per heavy atom. The zero-order valence-corrected chi connectivity index (χ0v) is 10.6. The molecule has 0 rings (SSSR count). The number of hydrogen-bond donors (Lipinski definition) is 0. The normalized spacial score (nSPS) is 14.8. The third-order valence-electron chi connectivity index (χ3n) is 3.23. The summed E-state index contributed by atoms with van der Waals surface area (Å²) in [5.74, 6) is 0. The first-order valence-electron chi connectivity index (χ1n) is 4.88. The lowest BCUT2D eigenvalue weighted by atomic mass is 9.87. The molecule has 0 unspecified atom stereocenters. The van der Waals surface area contributed by atoms with Gasteiger partial charge in [0.05, 0.1) is 32.3 Å². The fraction of sp³-hybridized carbons (Fsp3) is 1.00. The molecule has 0 fully saturated rings. The van der Waals surface area contributed by atoms with Crippen molar-refractivity contribution < 1.29 is 9.22 Å². The van der Waals surface area contributed by atoms with Crippen molar-refractivity contribution in [1.82, 2.24) is 0 Å². The molecule has 0 aromatic carbocycles. The van der Waals surface area contributed by atoms with Crippen LogP contribution in [0, 0.1) is 0 Å². The molecule has 0 saturated carbocycles. The van der Waals surface area contributed by atoms with E-state index in [2.05, 4.69) is 48.8 Å². The van der Waals surface area contributed by atoms with Crippen LogP contribution in [0.25, 0.3) is 0 Å². The maximum Gasteiger partial charge on any atom is 0.0957 e. The monoisotopic (exact) mass is 188 g/mol. The molecule has 0 aliphatic heterocycles. The van der Waals surface area contributed by atoms with E-state index in [0.29, 0.717) is 0 Å². The highest BCUT2D eigenvalue weighted by Crippen LogP contribution is 2.29. The minimum atomic E-state index is -0.0327. The van der Waals surface area contributed by atoms with Crippen LogP contribution in [0.3, 0.4) is 0 Å². The fourth-order valence-electron chi connectivity index (χ4n) is 1.35. The van der Waals surface area contributed by atoms with Crippen LogP contribution in [0.5, 0.6) is 0 Å². The predicted octanol–water partition coefficient (Wildman–Crippen LogP) is 2.29. The molecule has 0 saturated heterocycles. The number of hydrogen-bond acceptors (Lipinski definition) is 1. The Morgan fingerprint density at radius 2 is 1.38 bits per heavy atom.